The van der Waals surface area contributed by atoms with E-state index in [0.29, 0.717) is 51.8 Å². The molecule has 2 saturated heterocycles. The molecule has 4 rings (SSSR count). The first kappa shape index (κ1) is 18.4. The zero-order chi connectivity index (χ0) is 18.6. The Morgan fingerprint density at radius 2 is 1.74 bits per heavy atom. The lowest BCUT2D eigenvalue weighted by Gasteiger charge is -2.35. The lowest BCUT2D eigenvalue weighted by Crippen LogP contribution is -2.53. The Labute approximate surface area is 162 Å². The number of hydrogen-bond acceptors (Lipinski definition) is 6. The van der Waals surface area contributed by atoms with Gasteiger partial charge < -0.3 is 24.0 Å². The van der Waals surface area contributed by atoms with Crippen molar-refractivity contribution >= 4 is 23.6 Å². The first-order chi connectivity index (χ1) is 13.2. The Hall–Kier alpha value is -1.93. The van der Waals surface area contributed by atoms with Crippen LogP contribution in [0.5, 0.6) is 11.5 Å². The molecule has 0 bridgehead atoms. The standard InChI is InChI=1S/C19H24N2O5S/c22-18(13-27-14-3-4-15-17(12-14)26-11-10-25-15)20-5-7-21(8-6-20)19(23)16-2-1-9-24-16/h3-4,12,16H,1-2,5-11,13H2. The minimum absolute atomic E-state index is 0.0743. The molecule has 1 atom stereocenters. The maximum absolute atomic E-state index is 12.5. The van der Waals surface area contributed by atoms with Crippen LogP contribution < -0.4 is 9.47 Å². The molecule has 0 aliphatic carbocycles. The minimum atomic E-state index is -0.280. The molecule has 8 heteroatoms. The molecule has 1 aromatic carbocycles. The summed E-state index contributed by atoms with van der Waals surface area (Å²) in [7, 11) is 0. The highest BCUT2D eigenvalue weighted by Crippen LogP contribution is 2.34. The van der Waals surface area contributed by atoms with E-state index in [1.807, 2.05) is 28.0 Å². The summed E-state index contributed by atoms with van der Waals surface area (Å²) in [5.74, 6) is 2.03. The third-order valence-corrected chi connectivity index (χ3v) is 6.00. The summed E-state index contributed by atoms with van der Waals surface area (Å²) in [5, 5.41) is 0. The molecule has 3 aliphatic heterocycles. The SMILES string of the molecule is O=C(CSc1ccc2c(c1)OCCO2)N1CCN(C(=O)C2CCCO2)CC1. The van der Waals surface area contributed by atoms with E-state index in [4.69, 9.17) is 14.2 Å². The van der Waals surface area contributed by atoms with Crippen molar-refractivity contribution in [1.29, 1.82) is 0 Å². The van der Waals surface area contributed by atoms with Crippen LogP contribution in [0, 0.1) is 0 Å². The van der Waals surface area contributed by atoms with Crippen molar-refractivity contribution in [3.8, 4) is 11.5 Å². The summed E-state index contributed by atoms with van der Waals surface area (Å²) in [6.07, 6.45) is 1.48. The molecule has 0 saturated carbocycles. The number of fused-ring (bicyclic) bond motifs is 1. The maximum Gasteiger partial charge on any atom is 0.251 e. The molecular weight excluding hydrogens is 368 g/mol. The highest BCUT2D eigenvalue weighted by atomic mass is 32.2. The van der Waals surface area contributed by atoms with Gasteiger partial charge in [0.25, 0.3) is 5.91 Å². The molecule has 3 heterocycles. The lowest BCUT2D eigenvalue weighted by atomic mass is 10.2. The van der Waals surface area contributed by atoms with Gasteiger partial charge in [-0.1, -0.05) is 0 Å². The molecule has 0 spiro atoms. The highest BCUT2D eigenvalue weighted by Gasteiger charge is 2.31. The van der Waals surface area contributed by atoms with Gasteiger partial charge in [-0.3, -0.25) is 9.59 Å². The third-order valence-electron chi connectivity index (χ3n) is 5.03. The Kier molecular flexibility index (Phi) is 5.73. The summed E-state index contributed by atoms with van der Waals surface area (Å²) in [4.78, 5) is 29.5. The van der Waals surface area contributed by atoms with Crippen molar-refractivity contribution in [2.45, 2.75) is 23.8 Å². The first-order valence-corrected chi connectivity index (χ1v) is 10.4. The largest absolute Gasteiger partial charge is 0.486 e. The van der Waals surface area contributed by atoms with Crippen LogP contribution in [0.2, 0.25) is 0 Å². The van der Waals surface area contributed by atoms with Crippen molar-refractivity contribution in [3.05, 3.63) is 18.2 Å². The quantitative estimate of drug-likeness (QED) is 0.722. The van der Waals surface area contributed by atoms with E-state index in [-0.39, 0.29) is 17.9 Å². The average Bonchev–Trinajstić information content (AvgIpc) is 3.26. The summed E-state index contributed by atoms with van der Waals surface area (Å²) in [6, 6.07) is 5.76. The number of piperazine rings is 1. The van der Waals surface area contributed by atoms with Gasteiger partial charge in [0.05, 0.1) is 5.75 Å². The molecule has 0 N–H and O–H groups in total. The van der Waals surface area contributed by atoms with E-state index in [9.17, 15) is 9.59 Å². The molecular formula is C19H24N2O5S. The van der Waals surface area contributed by atoms with Crippen LogP contribution in [0.25, 0.3) is 0 Å². The highest BCUT2D eigenvalue weighted by molar-refractivity contribution is 8.00. The number of amides is 2. The van der Waals surface area contributed by atoms with E-state index in [0.717, 1.165) is 29.2 Å². The Morgan fingerprint density at radius 1 is 1.00 bits per heavy atom. The first-order valence-electron chi connectivity index (χ1n) is 9.41. The van der Waals surface area contributed by atoms with E-state index >= 15 is 0 Å². The second-order valence-corrected chi connectivity index (χ2v) is 7.85. The van der Waals surface area contributed by atoms with Crippen molar-refractivity contribution in [2.75, 3.05) is 51.8 Å². The van der Waals surface area contributed by atoms with E-state index in [2.05, 4.69) is 0 Å². The van der Waals surface area contributed by atoms with E-state index in [1.165, 1.54) is 11.8 Å². The Bertz CT molecular complexity index is 699. The van der Waals surface area contributed by atoms with Crippen LogP contribution in [0.15, 0.2) is 23.1 Å². The number of ether oxygens (including phenoxy) is 3. The summed E-state index contributed by atoms with van der Waals surface area (Å²) in [5.41, 5.74) is 0. The van der Waals surface area contributed by atoms with E-state index < -0.39 is 0 Å². The van der Waals surface area contributed by atoms with Crippen molar-refractivity contribution < 1.29 is 23.8 Å². The molecule has 2 fully saturated rings. The molecule has 0 radical (unpaired) electrons. The van der Waals surface area contributed by atoms with E-state index in [1.54, 1.807) is 0 Å². The fourth-order valence-electron chi connectivity index (χ4n) is 3.50. The predicted octanol–water partition coefficient (Wildman–Crippen LogP) is 1.40. The normalized spacial score (nSPS) is 22.0. The molecule has 7 nitrogen and oxygen atoms in total. The number of carbonyl (C=O) groups is 2. The average molecular weight is 392 g/mol. The van der Waals surface area contributed by atoms with Gasteiger partial charge in [-0.2, -0.15) is 0 Å². The van der Waals surface area contributed by atoms with Crippen LogP contribution in [0.1, 0.15) is 12.8 Å². The fourth-order valence-corrected chi connectivity index (χ4v) is 4.33. The van der Waals surface area contributed by atoms with Gasteiger partial charge in [0.15, 0.2) is 11.5 Å². The summed E-state index contributed by atoms with van der Waals surface area (Å²) in [6.45, 7) is 4.12. The van der Waals surface area contributed by atoms with Crippen LogP contribution >= 0.6 is 11.8 Å². The number of thioether (sulfide) groups is 1. The van der Waals surface area contributed by atoms with Gasteiger partial charge in [-0.15, -0.1) is 11.8 Å². The lowest BCUT2D eigenvalue weighted by molar-refractivity contribution is -0.145. The van der Waals surface area contributed by atoms with Gasteiger partial charge in [0.1, 0.15) is 19.3 Å². The molecule has 1 unspecified atom stereocenters. The molecule has 1 aromatic rings. The van der Waals surface area contributed by atoms with Crippen molar-refractivity contribution in [1.82, 2.24) is 9.80 Å². The van der Waals surface area contributed by atoms with Crippen LogP contribution in [-0.2, 0) is 14.3 Å². The predicted molar refractivity (Wildman–Crippen MR) is 100 cm³/mol. The maximum atomic E-state index is 12.5. The summed E-state index contributed by atoms with van der Waals surface area (Å²) < 4.78 is 16.6. The van der Waals surface area contributed by atoms with Gasteiger partial charge in [0, 0.05) is 37.7 Å². The molecule has 3 aliphatic rings. The number of rotatable bonds is 4. The molecule has 2 amide bonds. The Morgan fingerprint density at radius 3 is 2.48 bits per heavy atom. The van der Waals surface area contributed by atoms with Gasteiger partial charge >= 0.3 is 0 Å². The molecule has 0 aromatic heterocycles. The number of carbonyl (C=O) groups excluding carboxylic acids is 2. The molecule has 27 heavy (non-hydrogen) atoms. The third kappa shape index (κ3) is 4.32. The van der Waals surface area contributed by atoms with Crippen molar-refractivity contribution in [3.63, 3.8) is 0 Å². The van der Waals surface area contributed by atoms with Crippen LogP contribution in [0.4, 0.5) is 0 Å². The second kappa shape index (κ2) is 8.39. The second-order valence-electron chi connectivity index (χ2n) is 6.80. The Balaban J connectivity index is 1.24. The van der Waals surface area contributed by atoms with Gasteiger partial charge in [0.2, 0.25) is 5.91 Å². The zero-order valence-electron chi connectivity index (χ0n) is 15.2. The van der Waals surface area contributed by atoms with Crippen LogP contribution in [-0.4, -0.2) is 79.5 Å². The topological polar surface area (TPSA) is 68.3 Å². The van der Waals surface area contributed by atoms with Crippen LogP contribution in [0.3, 0.4) is 0 Å². The van der Waals surface area contributed by atoms with Gasteiger partial charge in [-0.25, -0.2) is 0 Å². The zero-order valence-corrected chi connectivity index (χ0v) is 16.0. The number of nitrogens with zero attached hydrogens (tertiary/aromatic N) is 2. The monoisotopic (exact) mass is 392 g/mol. The van der Waals surface area contributed by atoms with Crippen molar-refractivity contribution in [2.24, 2.45) is 0 Å². The summed E-state index contributed by atoms with van der Waals surface area (Å²) >= 11 is 1.50. The molecule has 146 valence electrons. The number of benzene rings is 1. The smallest absolute Gasteiger partial charge is 0.251 e. The fraction of sp³-hybridized carbons (Fsp3) is 0.579. The van der Waals surface area contributed by atoms with Gasteiger partial charge in [-0.05, 0) is 31.0 Å². The minimum Gasteiger partial charge on any atom is -0.486 e. The number of hydrogen-bond donors (Lipinski definition) is 0.